The molecule has 4 rings (SSSR count). The second-order valence-corrected chi connectivity index (χ2v) is 7.56. The van der Waals surface area contributed by atoms with E-state index >= 15 is 0 Å². The van der Waals surface area contributed by atoms with Crippen LogP contribution in [0.5, 0.6) is 0 Å². The molecule has 0 aromatic heterocycles. The maximum absolute atomic E-state index is 6.30. The lowest BCUT2D eigenvalue weighted by Gasteiger charge is -2.46. The lowest BCUT2D eigenvalue weighted by molar-refractivity contribution is 0.162. The molecule has 0 amide bonds. The van der Waals surface area contributed by atoms with Crippen LogP contribution in [0.25, 0.3) is 0 Å². The van der Waals surface area contributed by atoms with E-state index in [1.54, 1.807) is 16.8 Å². The minimum absolute atomic E-state index is 0.00498. The molecule has 0 aromatic rings. The van der Waals surface area contributed by atoms with Gasteiger partial charge in [-0.1, -0.05) is 43.2 Å². The Hall–Kier alpha value is -1.28. The molecule has 0 fully saturated rings. The van der Waals surface area contributed by atoms with E-state index in [2.05, 4.69) is 42.6 Å². The number of alkyl halides is 1. The fourth-order valence-electron chi connectivity index (χ4n) is 4.84. The molecule has 22 heavy (non-hydrogen) atoms. The van der Waals surface area contributed by atoms with Gasteiger partial charge in [0.05, 0.1) is 0 Å². The van der Waals surface area contributed by atoms with Crippen molar-refractivity contribution in [2.45, 2.75) is 44.7 Å². The molecule has 0 aromatic carbocycles. The van der Waals surface area contributed by atoms with E-state index in [0.717, 1.165) is 25.8 Å². The fourth-order valence-corrected chi connectivity index (χ4v) is 4.97. The number of hydrogen-bond acceptors (Lipinski definition) is 2. The molecule has 0 spiro atoms. The second kappa shape index (κ2) is 4.86. The van der Waals surface area contributed by atoms with Gasteiger partial charge in [0.25, 0.3) is 0 Å². The first-order chi connectivity index (χ1) is 10.6. The van der Waals surface area contributed by atoms with Crippen LogP contribution in [0.2, 0.25) is 0 Å². The molecule has 116 valence electrons. The van der Waals surface area contributed by atoms with Crippen LogP contribution in [0.15, 0.2) is 52.2 Å². The zero-order valence-electron chi connectivity index (χ0n) is 13.3. The third-order valence-corrected chi connectivity index (χ3v) is 6.43. The molecular weight excluding hydrogens is 292 g/mol. The van der Waals surface area contributed by atoms with Crippen molar-refractivity contribution in [3.63, 3.8) is 0 Å². The Kier molecular flexibility index (Phi) is 3.16. The van der Waals surface area contributed by atoms with Crippen LogP contribution in [-0.2, 0) is 0 Å². The van der Waals surface area contributed by atoms with Crippen LogP contribution >= 0.6 is 11.6 Å². The van der Waals surface area contributed by atoms with E-state index in [4.69, 9.17) is 11.6 Å². The Morgan fingerprint density at radius 2 is 2.32 bits per heavy atom. The summed E-state index contributed by atoms with van der Waals surface area (Å²) in [4.78, 5) is 7.20. The van der Waals surface area contributed by atoms with Gasteiger partial charge in [0, 0.05) is 29.9 Å². The number of fused-ring (bicyclic) bond motifs is 1. The SMILES string of the molecule is C=CCN1C2=C3CC1C(C)C1(C)C=NC(Cl)C=CC3=C1CC2. The molecule has 0 N–H and O–H groups in total. The number of allylic oxidation sites excluding steroid dienone is 4. The zero-order valence-corrected chi connectivity index (χ0v) is 14.1. The largest absolute Gasteiger partial charge is 0.367 e. The van der Waals surface area contributed by atoms with Gasteiger partial charge >= 0.3 is 0 Å². The summed E-state index contributed by atoms with van der Waals surface area (Å²) < 4.78 is 0. The second-order valence-electron chi connectivity index (χ2n) is 7.11. The summed E-state index contributed by atoms with van der Waals surface area (Å²) >= 11 is 6.30. The van der Waals surface area contributed by atoms with E-state index in [9.17, 15) is 0 Å². The highest BCUT2D eigenvalue weighted by Crippen LogP contribution is 2.56. The van der Waals surface area contributed by atoms with Gasteiger partial charge < -0.3 is 4.90 Å². The van der Waals surface area contributed by atoms with Crippen molar-refractivity contribution in [1.82, 2.24) is 4.90 Å². The van der Waals surface area contributed by atoms with Crippen molar-refractivity contribution in [2.24, 2.45) is 16.3 Å². The van der Waals surface area contributed by atoms with Gasteiger partial charge in [-0.2, -0.15) is 0 Å². The first-order valence-electron chi connectivity index (χ1n) is 8.26. The molecule has 2 heterocycles. The lowest BCUT2D eigenvalue weighted by atomic mass is 9.66. The third kappa shape index (κ3) is 1.76. The molecule has 5 bridgehead atoms. The molecule has 4 atom stereocenters. The van der Waals surface area contributed by atoms with E-state index in [1.807, 2.05) is 12.2 Å². The standard InChI is InChI=1S/C19H23ClN2/c1-4-9-22-16-7-6-15-13-5-8-18(20)21-11-19(15,3)12(2)17(22)10-14(13)16/h4-5,8,11-12,17-18H,1,6-7,9-10H2,2-3H3. The summed E-state index contributed by atoms with van der Waals surface area (Å²) in [5.74, 6) is 0.520. The summed E-state index contributed by atoms with van der Waals surface area (Å²) in [6.45, 7) is 9.66. The number of nitrogens with zero attached hydrogens (tertiary/aromatic N) is 2. The van der Waals surface area contributed by atoms with E-state index in [0.29, 0.717) is 12.0 Å². The van der Waals surface area contributed by atoms with Crippen molar-refractivity contribution in [2.75, 3.05) is 6.54 Å². The highest BCUT2D eigenvalue weighted by Gasteiger charge is 2.50. The van der Waals surface area contributed by atoms with Gasteiger partial charge in [-0.3, -0.25) is 4.99 Å². The van der Waals surface area contributed by atoms with Crippen LogP contribution in [0.3, 0.4) is 0 Å². The molecule has 2 aliphatic heterocycles. The smallest absolute Gasteiger partial charge is 0.141 e. The molecular formula is C19H23ClN2. The lowest BCUT2D eigenvalue weighted by Crippen LogP contribution is -2.46. The Morgan fingerprint density at radius 1 is 1.50 bits per heavy atom. The molecule has 0 saturated heterocycles. The summed E-state index contributed by atoms with van der Waals surface area (Å²) in [6, 6.07) is 0.549. The minimum Gasteiger partial charge on any atom is -0.367 e. The van der Waals surface area contributed by atoms with Gasteiger partial charge in [0.1, 0.15) is 5.50 Å². The predicted molar refractivity (Wildman–Crippen MR) is 93.1 cm³/mol. The molecule has 2 aliphatic carbocycles. The van der Waals surface area contributed by atoms with Crippen LogP contribution in [0.4, 0.5) is 0 Å². The highest BCUT2D eigenvalue weighted by molar-refractivity contribution is 6.22. The molecule has 0 saturated carbocycles. The van der Waals surface area contributed by atoms with Crippen molar-refractivity contribution in [3.8, 4) is 0 Å². The Labute approximate surface area is 137 Å². The number of aliphatic imine (C=N–C) groups is 1. The quantitative estimate of drug-likeness (QED) is 0.417. The van der Waals surface area contributed by atoms with Gasteiger partial charge in [-0.05, 0) is 42.4 Å². The molecule has 4 aliphatic rings. The van der Waals surface area contributed by atoms with Crippen LogP contribution in [-0.4, -0.2) is 29.2 Å². The normalized spacial score (nSPS) is 39.2. The molecule has 4 unspecified atom stereocenters. The van der Waals surface area contributed by atoms with Crippen LogP contribution < -0.4 is 0 Å². The monoisotopic (exact) mass is 314 g/mol. The van der Waals surface area contributed by atoms with Crippen LogP contribution in [0, 0.1) is 11.3 Å². The van der Waals surface area contributed by atoms with E-state index < -0.39 is 0 Å². The van der Waals surface area contributed by atoms with Gasteiger partial charge in [0.2, 0.25) is 0 Å². The van der Waals surface area contributed by atoms with Crippen molar-refractivity contribution in [1.29, 1.82) is 0 Å². The average Bonchev–Trinajstić information content (AvgIpc) is 2.84. The maximum Gasteiger partial charge on any atom is 0.141 e. The zero-order chi connectivity index (χ0) is 15.5. The molecule has 0 radical (unpaired) electrons. The van der Waals surface area contributed by atoms with E-state index in [-0.39, 0.29) is 10.9 Å². The summed E-state index contributed by atoms with van der Waals surface area (Å²) in [5, 5.41) is 0. The van der Waals surface area contributed by atoms with Crippen molar-refractivity contribution >= 4 is 17.8 Å². The van der Waals surface area contributed by atoms with Crippen LogP contribution in [0.1, 0.15) is 33.1 Å². The number of likely N-dealkylation sites (tertiary alicyclic amines) is 1. The summed E-state index contributed by atoms with van der Waals surface area (Å²) in [7, 11) is 0. The average molecular weight is 315 g/mol. The van der Waals surface area contributed by atoms with Gasteiger partial charge in [0.15, 0.2) is 0 Å². The number of halogens is 1. The maximum atomic E-state index is 6.30. The summed E-state index contributed by atoms with van der Waals surface area (Å²) in [5.41, 5.74) is 5.88. The van der Waals surface area contributed by atoms with Gasteiger partial charge in [-0.15, -0.1) is 6.58 Å². The predicted octanol–water partition coefficient (Wildman–Crippen LogP) is 4.45. The van der Waals surface area contributed by atoms with Gasteiger partial charge in [-0.25, -0.2) is 0 Å². The minimum atomic E-state index is -0.243. The van der Waals surface area contributed by atoms with Crippen molar-refractivity contribution in [3.05, 3.63) is 47.2 Å². The Balaban J connectivity index is 1.97. The number of hydrogen-bond donors (Lipinski definition) is 0. The topological polar surface area (TPSA) is 15.6 Å². The summed E-state index contributed by atoms with van der Waals surface area (Å²) in [6.07, 6.45) is 11.9. The van der Waals surface area contributed by atoms with Crippen molar-refractivity contribution < 1.29 is 0 Å². The number of rotatable bonds is 2. The highest BCUT2D eigenvalue weighted by atomic mass is 35.5. The first kappa shape index (κ1) is 14.3. The third-order valence-electron chi connectivity index (χ3n) is 6.18. The molecule has 2 nitrogen and oxygen atoms in total. The Morgan fingerprint density at radius 3 is 3.09 bits per heavy atom. The molecule has 3 heteroatoms. The van der Waals surface area contributed by atoms with E-state index in [1.165, 1.54) is 5.57 Å². The fraction of sp³-hybridized carbons (Fsp3) is 0.526. The Bertz CT molecular complexity index is 654. The first-order valence-corrected chi connectivity index (χ1v) is 8.70.